The summed E-state index contributed by atoms with van der Waals surface area (Å²) in [6.07, 6.45) is 6.66. The van der Waals surface area contributed by atoms with Gasteiger partial charge in [0.15, 0.2) is 0 Å². The van der Waals surface area contributed by atoms with Gasteiger partial charge in [0.1, 0.15) is 0 Å². The zero-order valence-corrected chi connectivity index (χ0v) is 8.16. The van der Waals surface area contributed by atoms with Gasteiger partial charge >= 0.3 is 0 Å². The molecule has 0 bridgehead atoms. The third-order valence-electron chi connectivity index (χ3n) is 2.61. The van der Waals surface area contributed by atoms with Gasteiger partial charge in [0, 0.05) is 24.7 Å². The van der Waals surface area contributed by atoms with Crippen LogP contribution in [0.5, 0.6) is 0 Å². The van der Waals surface area contributed by atoms with Crippen LogP contribution in [-0.2, 0) is 19.4 Å². The smallest absolute Gasteiger partial charge is 0.0951 e. The van der Waals surface area contributed by atoms with E-state index in [2.05, 4.69) is 9.55 Å². The molecular formula is C10H17N3. The van der Waals surface area contributed by atoms with Gasteiger partial charge in [0.05, 0.1) is 12.0 Å². The Bertz CT molecular complexity index is 288. The first kappa shape index (κ1) is 8.75. The average molecular weight is 179 g/mol. The largest absolute Gasteiger partial charge is 0.334 e. The maximum Gasteiger partial charge on any atom is 0.0951 e. The number of fused-ring (bicyclic) bond motifs is 1. The molecule has 72 valence electrons. The van der Waals surface area contributed by atoms with E-state index in [1.165, 1.54) is 30.7 Å². The third-order valence-corrected chi connectivity index (χ3v) is 2.61. The fourth-order valence-corrected chi connectivity index (χ4v) is 1.98. The summed E-state index contributed by atoms with van der Waals surface area (Å²) in [7, 11) is 0. The van der Waals surface area contributed by atoms with Crippen LogP contribution in [0.3, 0.4) is 0 Å². The number of nitrogens with zero attached hydrogens (tertiary/aromatic N) is 2. The van der Waals surface area contributed by atoms with Gasteiger partial charge in [-0.1, -0.05) is 0 Å². The predicted molar refractivity (Wildman–Crippen MR) is 52.5 cm³/mol. The molecule has 3 nitrogen and oxygen atoms in total. The molecule has 0 amide bonds. The van der Waals surface area contributed by atoms with Crippen molar-refractivity contribution in [1.29, 1.82) is 0 Å². The van der Waals surface area contributed by atoms with Crippen molar-refractivity contribution >= 4 is 0 Å². The van der Waals surface area contributed by atoms with Crippen molar-refractivity contribution in [2.45, 2.75) is 45.2 Å². The Morgan fingerprint density at radius 3 is 3.23 bits per heavy atom. The van der Waals surface area contributed by atoms with Gasteiger partial charge < -0.3 is 10.3 Å². The van der Waals surface area contributed by atoms with E-state index in [9.17, 15) is 0 Å². The summed E-state index contributed by atoms with van der Waals surface area (Å²) in [4.78, 5) is 4.42. The molecule has 1 aromatic heterocycles. The van der Waals surface area contributed by atoms with Gasteiger partial charge in [-0.25, -0.2) is 4.98 Å². The summed E-state index contributed by atoms with van der Waals surface area (Å²) in [5, 5.41) is 0. The highest BCUT2D eigenvalue weighted by Gasteiger charge is 2.14. The van der Waals surface area contributed by atoms with E-state index in [0.717, 1.165) is 13.0 Å². The molecule has 1 atom stereocenters. The Morgan fingerprint density at radius 2 is 2.46 bits per heavy atom. The lowest BCUT2D eigenvalue weighted by molar-refractivity contribution is 0.527. The van der Waals surface area contributed by atoms with Crippen LogP contribution >= 0.6 is 0 Å². The van der Waals surface area contributed by atoms with Gasteiger partial charge in [-0.15, -0.1) is 0 Å². The van der Waals surface area contributed by atoms with Crippen molar-refractivity contribution < 1.29 is 0 Å². The van der Waals surface area contributed by atoms with Crippen molar-refractivity contribution in [3.63, 3.8) is 0 Å². The number of nitrogens with two attached hydrogens (primary N) is 1. The molecule has 0 radical (unpaired) electrons. The predicted octanol–water partition coefficient (Wildman–Crippen LogP) is 1.11. The summed E-state index contributed by atoms with van der Waals surface area (Å²) < 4.78 is 2.28. The van der Waals surface area contributed by atoms with Gasteiger partial charge in [0.2, 0.25) is 0 Å². The lowest BCUT2D eigenvalue weighted by atomic mass is 10.1. The van der Waals surface area contributed by atoms with E-state index in [0.29, 0.717) is 0 Å². The maximum atomic E-state index is 5.77. The molecular weight excluding hydrogens is 162 g/mol. The maximum absolute atomic E-state index is 5.77. The zero-order chi connectivity index (χ0) is 9.26. The van der Waals surface area contributed by atoms with E-state index in [4.69, 9.17) is 5.73 Å². The van der Waals surface area contributed by atoms with E-state index < -0.39 is 0 Å². The lowest BCUT2D eigenvalue weighted by Crippen LogP contribution is -2.20. The Labute approximate surface area is 79.0 Å². The van der Waals surface area contributed by atoms with Crippen LogP contribution in [0.1, 0.15) is 31.2 Å². The average Bonchev–Trinajstić information content (AvgIpc) is 2.48. The third kappa shape index (κ3) is 1.75. The molecule has 2 rings (SSSR count). The van der Waals surface area contributed by atoms with E-state index in [-0.39, 0.29) is 6.04 Å². The minimum absolute atomic E-state index is 0.224. The first-order chi connectivity index (χ1) is 6.27. The molecule has 0 saturated carbocycles. The topological polar surface area (TPSA) is 43.8 Å². The Hall–Kier alpha value is -0.830. The molecule has 3 heteroatoms. The second-order valence-electron chi connectivity index (χ2n) is 3.97. The summed E-state index contributed by atoms with van der Waals surface area (Å²) >= 11 is 0. The van der Waals surface area contributed by atoms with Crippen molar-refractivity contribution in [3.8, 4) is 0 Å². The van der Waals surface area contributed by atoms with Crippen molar-refractivity contribution in [2.75, 3.05) is 0 Å². The summed E-state index contributed by atoms with van der Waals surface area (Å²) in [5.41, 5.74) is 8.40. The SMILES string of the molecule is CC(N)Cc1ncn2c1CCCC2. The van der Waals surface area contributed by atoms with Crippen LogP contribution in [0.2, 0.25) is 0 Å². The van der Waals surface area contributed by atoms with Crippen LogP contribution in [0.15, 0.2) is 6.33 Å². The molecule has 0 aliphatic carbocycles. The molecule has 13 heavy (non-hydrogen) atoms. The second kappa shape index (κ2) is 3.50. The minimum atomic E-state index is 0.224. The number of aryl methyl sites for hydroxylation is 1. The Morgan fingerprint density at radius 1 is 1.62 bits per heavy atom. The van der Waals surface area contributed by atoms with Gasteiger partial charge in [-0.2, -0.15) is 0 Å². The normalized spacial score (nSPS) is 18.3. The number of imidazole rings is 1. The lowest BCUT2D eigenvalue weighted by Gasteiger charge is -2.15. The first-order valence-corrected chi connectivity index (χ1v) is 5.06. The summed E-state index contributed by atoms with van der Waals surface area (Å²) in [5.74, 6) is 0. The first-order valence-electron chi connectivity index (χ1n) is 5.06. The number of hydrogen-bond acceptors (Lipinski definition) is 2. The quantitative estimate of drug-likeness (QED) is 0.739. The number of aromatic nitrogens is 2. The second-order valence-corrected chi connectivity index (χ2v) is 3.97. The fourth-order valence-electron chi connectivity index (χ4n) is 1.98. The summed E-state index contributed by atoms with van der Waals surface area (Å²) in [6.45, 7) is 3.18. The molecule has 1 aliphatic heterocycles. The van der Waals surface area contributed by atoms with Crippen LogP contribution in [0.4, 0.5) is 0 Å². The molecule has 0 fully saturated rings. The standard InChI is InChI=1S/C10H17N3/c1-8(11)6-9-10-4-2-3-5-13(10)7-12-9/h7-8H,2-6,11H2,1H3. The van der Waals surface area contributed by atoms with Gasteiger partial charge in [0.25, 0.3) is 0 Å². The number of rotatable bonds is 2. The van der Waals surface area contributed by atoms with Crippen LogP contribution in [0.25, 0.3) is 0 Å². The van der Waals surface area contributed by atoms with Crippen LogP contribution in [0, 0.1) is 0 Å². The Balaban J connectivity index is 2.21. The van der Waals surface area contributed by atoms with Crippen LogP contribution in [-0.4, -0.2) is 15.6 Å². The van der Waals surface area contributed by atoms with Crippen molar-refractivity contribution in [2.24, 2.45) is 5.73 Å². The monoisotopic (exact) mass is 179 g/mol. The zero-order valence-electron chi connectivity index (χ0n) is 8.16. The molecule has 1 aromatic rings. The highest BCUT2D eigenvalue weighted by Crippen LogP contribution is 2.18. The molecule has 1 aliphatic rings. The highest BCUT2D eigenvalue weighted by atomic mass is 15.1. The van der Waals surface area contributed by atoms with Gasteiger partial charge in [-0.3, -0.25) is 0 Å². The van der Waals surface area contributed by atoms with Gasteiger partial charge in [-0.05, 0) is 26.2 Å². The highest BCUT2D eigenvalue weighted by molar-refractivity contribution is 5.16. The van der Waals surface area contributed by atoms with Crippen molar-refractivity contribution in [3.05, 3.63) is 17.7 Å². The fraction of sp³-hybridized carbons (Fsp3) is 0.700. The molecule has 0 saturated heterocycles. The Kier molecular flexibility index (Phi) is 2.36. The van der Waals surface area contributed by atoms with Crippen molar-refractivity contribution in [1.82, 2.24) is 9.55 Å². The molecule has 0 aromatic carbocycles. The molecule has 1 unspecified atom stereocenters. The van der Waals surface area contributed by atoms with E-state index in [1.807, 2.05) is 13.3 Å². The summed E-state index contributed by atoms with van der Waals surface area (Å²) in [6, 6.07) is 0.224. The van der Waals surface area contributed by atoms with E-state index in [1.54, 1.807) is 0 Å². The molecule has 2 heterocycles. The minimum Gasteiger partial charge on any atom is -0.334 e. The molecule has 2 N–H and O–H groups in total. The van der Waals surface area contributed by atoms with E-state index >= 15 is 0 Å². The van der Waals surface area contributed by atoms with Crippen LogP contribution < -0.4 is 5.73 Å². The number of hydrogen-bond donors (Lipinski definition) is 1. The molecule has 0 spiro atoms.